The summed E-state index contributed by atoms with van der Waals surface area (Å²) in [5, 5.41) is 3.44. The molecule has 1 heterocycles. The third-order valence-corrected chi connectivity index (χ3v) is 3.27. The summed E-state index contributed by atoms with van der Waals surface area (Å²) in [6, 6.07) is 8.08. The molecule has 1 saturated heterocycles. The second kappa shape index (κ2) is 6.50. The molecule has 94 valence electrons. The van der Waals surface area contributed by atoms with Gasteiger partial charge < -0.3 is 15.0 Å². The fourth-order valence-electron chi connectivity index (χ4n) is 2.32. The Morgan fingerprint density at radius 1 is 1.24 bits per heavy atom. The van der Waals surface area contributed by atoms with Crippen molar-refractivity contribution in [2.45, 2.75) is 19.3 Å². The van der Waals surface area contributed by atoms with Crippen LogP contribution in [0.5, 0.6) is 5.75 Å². The largest absolute Gasteiger partial charge is 0.495 e. The lowest BCUT2D eigenvalue weighted by Crippen LogP contribution is -2.22. The zero-order chi connectivity index (χ0) is 11.9. The normalized spacial score (nSPS) is 16.1. The molecule has 1 aliphatic heterocycles. The molecule has 2 rings (SSSR count). The quantitative estimate of drug-likeness (QED) is 0.766. The summed E-state index contributed by atoms with van der Waals surface area (Å²) in [4.78, 5) is 2.55. The van der Waals surface area contributed by atoms with Gasteiger partial charge in [0, 0.05) is 6.54 Å². The Balaban J connectivity index is 1.70. The highest BCUT2D eigenvalue weighted by Gasteiger charge is 2.10. The van der Waals surface area contributed by atoms with E-state index < -0.39 is 0 Å². The predicted molar refractivity (Wildman–Crippen MR) is 71.8 cm³/mol. The van der Waals surface area contributed by atoms with Crippen molar-refractivity contribution >= 4 is 5.69 Å². The SMILES string of the molecule is COc1ccccc1NCCCN1CCCC1. The Hall–Kier alpha value is -1.22. The lowest BCUT2D eigenvalue weighted by atomic mass is 10.3. The van der Waals surface area contributed by atoms with E-state index in [4.69, 9.17) is 4.74 Å². The second-order valence-electron chi connectivity index (χ2n) is 4.53. The number of hydrogen-bond acceptors (Lipinski definition) is 3. The van der Waals surface area contributed by atoms with E-state index in [1.54, 1.807) is 7.11 Å². The van der Waals surface area contributed by atoms with Crippen LogP contribution in [0.25, 0.3) is 0 Å². The lowest BCUT2D eigenvalue weighted by Gasteiger charge is -2.15. The van der Waals surface area contributed by atoms with Gasteiger partial charge in [-0.15, -0.1) is 0 Å². The molecule has 1 aromatic rings. The van der Waals surface area contributed by atoms with Gasteiger partial charge in [-0.05, 0) is 51.0 Å². The minimum absolute atomic E-state index is 0.925. The Morgan fingerprint density at radius 3 is 2.76 bits per heavy atom. The number of likely N-dealkylation sites (tertiary alicyclic amines) is 1. The van der Waals surface area contributed by atoms with Gasteiger partial charge in [-0.3, -0.25) is 0 Å². The Labute approximate surface area is 104 Å². The van der Waals surface area contributed by atoms with Crippen LogP contribution in [0, 0.1) is 0 Å². The van der Waals surface area contributed by atoms with Crippen molar-refractivity contribution < 1.29 is 4.74 Å². The summed E-state index contributed by atoms with van der Waals surface area (Å²) in [7, 11) is 1.71. The van der Waals surface area contributed by atoms with Crippen LogP contribution in [0.1, 0.15) is 19.3 Å². The van der Waals surface area contributed by atoms with Gasteiger partial charge in [0.25, 0.3) is 0 Å². The summed E-state index contributed by atoms with van der Waals surface area (Å²) < 4.78 is 5.30. The molecule has 1 fully saturated rings. The number of rotatable bonds is 6. The van der Waals surface area contributed by atoms with Crippen molar-refractivity contribution in [1.29, 1.82) is 0 Å². The molecule has 3 heteroatoms. The standard InChI is InChI=1S/C14H22N2O/c1-17-14-8-3-2-7-13(14)15-9-6-12-16-10-4-5-11-16/h2-3,7-8,15H,4-6,9-12H2,1H3. The molecule has 0 saturated carbocycles. The first-order valence-corrected chi connectivity index (χ1v) is 6.49. The molecule has 0 aromatic heterocycles. The van der Waals surface area contributed by atoms with Crippen LogP contribution < -0.4 is 10.1 Å². The fraction of sp³-hybridized carbons (Fsp3) is 0.571. The minimum Gasteiger partial charge on any atom is -0.495 e. The number of anilines is 1. The number of hydrogen-bond donors (Lipinski definition) is 1. The third-order valence-electron chi connectivity index (χ3n) is 3.27. The smallest absolute Gasteiger partial charge is 0.141 e. The van der Waals surface area contributed by atoms with Crippen LogP contribution in [0.4, 0.5) is 5.69 Å². The van der Waals surface area contributed by atoms with Gasteiger partial charge in [0.1, 0.15) is 5.75 Å². The van der Waals surface area contributed by atoms with Crippen LogP contribution >= 0.6 is 0 Å². The summed E-state index contributed by atoms with van der Waals surface area (Å²) in [5.74, 6) is 0.925. The number of nitrogens with one attached hydrogen (secondary N) is 1. The number of nitrogens with zero attached hydrogens (tertiary/aromatic N) is 1. The average Bonchev–Trinajstić information content (AvgIpc) is 2.88. The highest BCUT2D eigenvalue weighted by Crippen LogP contribution is 2.22. The molecule has 1 aliphatic rings. The van der Waals surface area contributed by atoms with Gasteiger partial charge in [-0.1, -0.05) is 12.1 Å². The Kier molecular flexibility index (Phi) is 4.68. The summed E-state index contributed by atoms with van der Waals surface area (Å²) in [6.07, 6.45) is 3.94. The maximum absolute atomic E-state index is 5.30. The zero-order valence-corrected chi connectivity index (χ0v) is 10.6. The van der Waals surface area contributed by atoms with Gasteiger partial charge in [0.15, 0.2) is 0 Å². The summed E-state index contributed by atoms with van der Waals surface area (Å²) in [6.45, 7) is 4.79. The topological polar surface area (TPSA) is 24.5 Å². The molecule has 17 heavy (non-hydrogen) atoms. The number of para-hydroxylation sites is 2. The van der Waals surface area contributed by atoms with Crippen molar-refractivity contribution in [3.63, 3.8) is 0 Å². The lowest BCUT2D eigenvalue weighted by molar-refractivity contribution is 0.337. The number of ether oxygens (including phenoxy) is 1. The highest BCUT2D eigenvalue weighted by atomic mass is 16.5. The zero-order valence-electron chi connectivity index (χ0n) is 10.6. The van der Waals surface area contributed by atoms with E-state index >= 15 is 0 Å². The fourth-order valence-corrected chi connectivity index (χ4v) is 2.32. The molecule has 0 aliphatic carbocycles. The maximum atomic E-state index is 5.30. The molecule has 0 atom stereocenters. The van der Waals surface area contributed by atoms with Crippen LogP contribution in [-0.4, -0.2) is 38.2 Å². The first-order valence-electron chi connectivity index (χ1n) is 6.49. The van der Waals surface area contributed by atoms with Gasteiger partial charge in [-0.25, -0.2) is 0 Å². The van der Waals surface area contributed by atoms with Crippen molar-refractivity contribution in [2.24, 2.45) is 0 Å². The molecular weight excluding hydrogens is 212 g/mol. The minimum atomic E-state index is 0.925. The van der Waals surface area contributed by atoms with Gasteiger partial charge in [0.2, 0.25) is 0 Å². The van der Waals surface area contributed by atoms with Crippen LogP contribution in [-0.2, 0) is 0 Å². The predicted octanol–water partition coefficient (Wildman–Crippen LogP) is 2.59. The maximum Gasteiger partial charge on any atom is 0.141 e. The summed E-state index contributed by atoms with van der Waals surface area (Å²) >= 11 is 0. The molecule has 0 amide bonds. The molecule has 1 aromatic carbocycles. The van der Waals surface area contributed by atoms with Crippen molar-refractivity contribution in [1.82, 2.24) is 4.90 Å². The first-order chi connectivity index (χ1) is 8.40. The van der Waals surface area contributed by atoms with E-state index in [1.165, 1.54) is 38.9 Å². The molecule has 0 unspecified atom stereocenters. The van der Waals surface area contributed by atoms with E-state index in [0.717, 1.165) is 18.0 Å². The number of methoxy groups -OCH3 is 1. The molecular formula is C14H22N2O. The van der Waals surface area contributed by atoms with Crippen LogP contribution in [0.3, 0.4) is 0 Å². The first kappa shape index (κ1) is 12.2. The Bertz CT molecular complexity index is 335. The third kappa shape index (κ3) is 3.63. The van der Waals surface area contributed by atoms with E-state index in [0.29, 0.717) is 0 Å². The van der Waals surface area contributed by atoms with E-state index in [-0.39, 0.29) is 0 Å². The molecule has 1 N–H and O–H groups in total. The highest BCUT2D eigenvalue weighted by molar-refractivity contribution is 5.55. The van der Waals surface area contributed by atoms with Crippen molar-refractivity contribution in [2.75, 3.05) is 38.6 Å². The molecule has 3 nitrogen and oxygen atoms in total. The Morgan fingerprint density at radius 2 is 2.00 bits per heavy atom. The van der Waals surface area contributed by atoms with E-state index in [9.17, 15) is 0 Å². The van der Waals surface area contributed by atoms with Crippen molar-refractivity contribution in [3.8, 4) is 5.75 Å². The second-order valence-corrected chi connectivity index (χ2v) is 4.53. The summed E-state index contributed by atoms with van der Waals surface area (Å²) in [5.41, 5.74) is 1.09. The average molecular weight is 234 g/mol. The van der Waals surface area contributed by atoms with Gasteiger partial charge in [0.05, 0.1) is 12.8 Å². The van der Waals surface area contributed by atoms with E-state index in [1.807, 2.05) is 18.2 Å². The van der Waals surface area contributed by atoms with Gasteiger partial charge in [-0.2, -0.15) is 0 Å². The molecule has 0 radical (unpaired) electrons. The van der Waals surface area contributed by atoms with Crippen LogP contribution in [0.2, 0.25) is 0 Å². The van der Waals surface area contributed by atoms with Gasteiger partial charge >= 0.3 is 0 Å². The number of benzene rings is 1. The molecule has 0 spiro atoms. The molecule has 0 bridgehead atoms. The van der Waals surface area contributed by atoms with Crippen LogP contribution in [0.15, 0.2) is 24.3 Å². The monoisotopic (exact) mass is 234 g/mol. The van der Waals surface area contributed by atoms with Crippen molar-refractivity contribution in [3.05, 3.63) is 24.3 Å². The van der Waals surface area contributed by atoms with E-state index in [2.05, 4.69) is 16.3 Å².